The van der Waals surface area contributed by atoms with E-state index in [0.29, 0.717) is 25.3 Å². The summed E-state index contributed by atoms with van der Waals surface area (Å²) in [5.74, 6) is 0.368. The molecule has 2 saturated carbocycles. The second kappa shape index (κ2) is 7.14. The summed E-state index contributed by atoms with van der Waals surface area (Å²) in [6.07, 6.45) is 8.70. The highest BCUT2D eigenvalue weighted by atomic mass is 16.4. The Morgan fingerprint density at radius 3 is 2.48 bits per heavy atom. The number of hydrogen-bond donors (Lipinski definition) is 3. The Hall–Kier alpha value is -1.26. The van der Waals surface area contributed by atoms with Gasteiger partial charge in [0, 0.05) is 6.54 Å². The topological polar surface area (TPSA) is 78.4 Å². The largest absolute Gasteiger partial charge is 0.480 e. The minimum atomic E-state index is -1.05. The molecule has 2 fully saturated rings. The van der Waals surface area contributed by atoms with Gasteiger partial charge in [0.05, 0.1) is 0 Å². The fourth-order valence-corrected chi connectivity index (χ4v) is 3.79. The Morgan fingerprint density at radius 2 is 1.86 bits per heavy atom. The highest BCUT2D eigenvalue weighted by Gasteiger charge is 2.41. The fourth-order valence-electron chi connectivity index (χ4n) is 3.79. The van der Waals surface area contributed by atoms with E-state index in [1.165, 1.54) is 12.8 Å². The lowest BCUT2D eigenvalue weighted by Crippen LogP contribution is -2.58. The van der Waals surface area contributed by atoms with Crippen LogP contribution in [0.25, 0.3) is 0 Å². The van der Waals surface area contributed by atoms with Crippen molar-refractivity contribution in [3.05, 3.63) is 0 Å². The average Bonchev–Trinajstić information content (AvgIpc) is 2.46. The second-order valence-corrected chi connectivity index (χ2v) is 6.92. The molecule has 2 aliphatic rings. The van der Waals surface area contributed by atoms with Crippen molar-refractivity contribution in [2.75, 3.05) is 6.54 Å². The first-order chi connectivity index (χ1) is 10.0. The molecule has 5 heteroatoms. The van der Waals surface area contributed by atoms with Gasteiger partial charge in [-0.25, -0.2) is 9.59 Å². The highest BCUT2D eigenvalue weighted by Crippen LogP contribution is 2.29. The van der Waals surface area contributed by atoms with Crippen LogP contribution in [0.3, 0.4) is 0 Å². The van der Waals surface area contributed by atoms with Crippen LogP contribution in [0.1, 0.15) is 64.7 Å². The lowest BCUT2D eigenvalue weighted by molar-refractivity contribution is -0.145. The first-order valence-corrected chi connectivity index (χ1v) is 8.31. The van der Waals surface area contributed by atoms with Gasteiger partial charge in [-0.2, -0.15) is 0 Å². The van der Waals surface area contributed by atoms with Gasteiger partial charge in [0.1, 0.15) is 5.54 Å². The minimum Gasteiger partial charge on any atom is -0.480 e. The molecule has 2 aliphatic carbocycles. The van der Waals surface area contributed by atoms with E-state index in [1.807, 2.05) is 0 Å². The smallest absolute Gasteiger partial charge is 0.329 e. The summed E-state index contributed by atoms with van der Waals surface area (Å²) in [4.78, 5) is 23.6. The molecule has 21 heavy (non-hydrogen) atoms. The molecule has 0 aromatic carbocycles. The van der Waals surface area contributed by atoms with E-state index in [4.69, 9.17) is 0 Å². The summed E-state index contributed by atoms with van der Waals surface area (Å²) in [5.41, 5.74) is -1.05. The van der Waals surface area contributed by atoms with E-state index in [1.54, 1.807) is 0 Å². The number of carbonyl (C=O) groups excluding carboxylic acids is 1. The van der Waals surface area contributed by atoms with Crippen LogP contribution in [0.2, 0.25) is 0 Å². The molecule has 0 radical (unpaired) electrons. The maximum atomic E-state index is 12.1. The molecule has 2 unspecified atom stereocenters. The van der Waals surface area contributed by atoms with Gasteiger partial charge in [-0.1, -0.05) is 39.0 Å². The zero-order valence-corrected chi connectivity index (χ0v) is 13.0. The number of rotatable bonds is 4. The van der Waals surface area contributed by atoms with Crippen molar-refractivity contribution >= 4 is 12.0 Å². The maximum Gasteiger partial charge on any atom is 0.329 e. The summed E-state index contributed by atoms with van der Waals surface area (Å²) >= 11 is 0. The first-order valence-electron chi connectivity index (χ1n) is 8.31. The van der Waals surface area contributed by atoms with Gasteiger partial charge in [-0.15, -0.1) is 0 Å². The summed E-state index contributed by atoms with van der Waals surface area (Å²) < 4.78 is 0. The van der Waals surface area contributed by atoms with Crippen molar-refractivity contribution in [1.29, 1.82) is 0 Å². The number of hydrogen-bond acceptors (Lipinski definition) is 2. The monoisotopic (exact) mass is 296 g/mol. The highest BCUT2D eigenvalue weighted by molar-refractivity contribution is 5.86. The summed E-state index contributed by atoms with van der Waals surface area (Å²) in [7, 11) is 0. The zero-order chi connectivity index (χ0) is 15.3. The number of amides is 2. The molecule has 2 amide bonds. The first kappa shape index (κ1) is 16.1. The van der Waals surface area contributed by atoms with Crippen LogP contribution >= 0.6 is 0 Å². The Morgan fingerprint density at radius 1 is 1.14 bits per heavy atom. The molecular weight excluding hydrogens is 268 g/mol. The zero-order valence-electron chi connectivity index (χ0n) is 13.0. The Kier molecular flexibility index (Phi) is 5.48. The van der Waals surface area contributed by atoms with E-state index in [9.17, 15) is 14.7 Å². The number of carboxylic acids is 1. The minimum absolute atomic E-state index is 0.322. The second-order valence-electron chi connectivity index (χ2n) is 6.92. The van der Waals surface area contributed by atoms with Crippen molar-refractivity contribution in [1.82, 2.24) is 10.6 Å². The maximum absolute atomic E-state index is 12.1. The molecule has 0 aromatic rings. The lowest BCUT2D eigenvalue weighted by Gasteiger charge is -2.34. The molecule has 0 bridgehead atoms. The SMILES string of the molecule is CC1CCCC(CNC(=O)NC2(C(=O)O)CCCCC2)C1. The summed E-state index contributed by atoms with van der Waals surface area (Å²) in [6, 6.07) is -0.322. The van der Waals surface area contributed by atoms with Gasteiger partial charge in [-0.05, 0) is 37.5 Å². The molecular formula is C16H28N2O3. The standard InChI is InChI=1S/C16H28N2O3/c1-12-6-5-7-13(10-12)11-17-15(21)18-16(14(19)20)8-3-2-4-9-16/h12-13H,2-11H2,1H3,(H,19,20)(H2,17,18,21). The van der Waals surface area contributed by atoms with Gasteiger partial charge < -0.3 is 15.7 Å². The molecule has 120 valence electrons. The molecule has 0 aliphatic heterocycles. The molecule has 2 atom stereocenters. The van der Waals surface area contributed by atoms with E-state index in [-0.39, 0.29) is 6.03 Å². The van der Waals surface area contributed by atoms with Crippen LogP contribution in [0.5, 0.6) is 0 Å². The van der Waals surface area contributed by atoms with Gasteiger partial charge in [0.15, 0.2) is 0 Å². The third-order valence-electron chi connectivity index (χ3n) is 5.07. The van der Waals surface area contributed by atoms with Gasteiger partial charge >= 0.3 is 12.0 Å². The summed E-state index contributed by atoms with van der Waals surface area (Å²) in [5, 5.41) is 15.1. The normalized spacial score (nSPS) is 28.6. The molecule has 0 spiro atoms. The van der Waals surface area contributed by atoms with Crippen molar-refractivity contribution in [3.63, 3.8) is 0 Å². The van der Waals surface area contributed by atoms with Crippen LogP contribution in [0.15, 0.2) is 0 Å². The predicted molar refractivity (Wildman–Crippen MR) is 81.1 cm³/mol. The molecule has 5 nitrogen and oxygen atoms in total. The molecule has 2 rings (SSSR count). The molecule has 0 aromatic heterocycles. The number of nitrogens with one attached hydrogen (secondary N) is 2. The Labute approximate surface area is 126 Å². The average molecular weight is 296 g/mol. The van der Waals surface area contributed by atoms with Gasteiger partial charge in [0.2, 0.25) is 0 Å². The number of aliphatic carboxylic acids is 1. The number of carboxylic acid groups (broad SMARTS) is 1. The quantitative estimate of drug-likeness (QED) is 0.746. The van der Waals surface area contributed by atoms with E-state index in [2.05, 4.69) is 17.6 Å². The van der Waals surface area contributed by atoms with Crippen molar-refractivity contribution in [2.24, 2.45) is 11.8 Å². The third kappa shape index (κ3) is 4.35. The van der Waals surface area contributed by atoms with Crippen LogP contribution < -0.4 is 10.6 Å². The predicted octanol–water partition coefficient (Wildman–Crippen LogP) is 2.90. The van der Waals surface area contributed by atoms with E-state index in [0.717, 1.165) is 38.0 Å². The molecule has 0 saturated heterocycles. The van der Waals surface area contributed by atoms with Crippen molar-refractivity contribution in [3.8, 4) is 0 Å². The van der Waals surface area contributed by atoms with Crippen LogP contribution in [-0.4, -0.2) is 29.2 Å². The van der Waals surface area contributed by atoms with Crippen LogP contribution in [0, 0.1) is 11.8 Å². The number of carbonyl (C=O) groups is 2. The van der Waals surface area contributed by atoms with Crippen LogP contribution in [0.4, 0.5) is 4.79 Å². The van der Waals surface area contributed by atoms with Gasteiger partial charge in [-0.3, -0.25) is 0 Å². The van der Waals surface area contributed by atoms with Gasteiger partial charge in [0.25, 0.3) is 0 Å². The Bertz CT molecular complexity index is 378. The lowest BCUT2D eigenvalue weighted by atomic mass is 9.81. The van der Waals surface area contributed by atoms with Crippen molar-refractivity contribution < 1.29 is 14.7 Å². The Balaban J connectivity index is 1.81. The summed E-state index contributed by atoms with van der Waals surface area (Å²) in [6.45, 7) is 2.92. The molecule has 3 N–H and O–H groups in total. The van der Waals surface area contributed by atoms with Crippen LogP contribution in [-0.2, 0) is 4.79 Å². The fraction of sp³-hybridized carbons (Fsp3) is 0.875. The third-order valence-corrected chi connectivity index (χ3v) is 5.07. The molecule has 0 heterocycles. The van der Waals surface area contributed by atoms with E-state index < -0.39 is 11.5 Å². The van der Waals surface area contributed by atoms with E-state index >= 15 is 0 Å². The van der Waals surface area contributed by atoms with Crippen molar-refractivity contribution in [2.45, 2.75) is 70.3 Å². The number of urea groups is 1.